The highest BCUT2D eigenvalue weighted by Crippen LogP contribution is 2.15. The van der Waals surface area contributed by atoms with Crippen LogP contribution in [0.5, 0.6) is 0 Å². The Morgan fingerprint density at radius 2 is 1.23 bits per heavy atom. The Bertz CT molecular complexity index is 1230. The maximum atomic E-state index is 12.1. The number of thioether (sulfide) groups is 2. The van der Waals surface area contributed by atoms with E-state index in [1.807, 2.05) is 0 Å². The van der Waals surface area contributed by atoms with Gasteiger partial charge in [-0.25, -0.2) is 4.79 Å². The van der Waals surface area contributed by atoms with Crippen LogP contribution in [-0.2, 0) is 49.8 Å². The molecular formula is C21H24N2O8S4. The largest absolute Gasteiger partial charge is 0.464 e. The summed E-state index contributed by atoms with van der Waals surface area (Å²) in [6, 6.07) is 16.9. The van der Waals surface area contributed by atoms with Gasteiger partial charge < -0.3 is 4.74 Å². The predicted molar refractivity (Wildman–Crippen MR) is 138 cm³/mol. The van der Waals surface area contributed by atoms with Crippen LogP contribution in [0, 0.1) is 0 Å². The van der Waals surface area contributed by atoms with E-state index in [2.05, 4.69) is 19.3 Å². The summed E-state index contributed by atoms with van der Waals surface area (Å²) < 4.78 is 62.3. The molecule has 0 atom stereocenters. The minimum absolute atomic E-state index is 0.277. The van der Waals surface area contributed by atoms with Crippen molar-refractivity contribution in [3.8, 4) is 0 Å². The van der Waals surface area contributed by atoms with Crippen LogP contribution >= 0.6 is 23.5 Å². The lowest BCUT2D eigenvalue weighted by atomic mass is 10.2. The summed E-state index contributed by atoms with van der Waals surface area (Å²) in [5.41, 5.74) is 1.08. The molecule has 2 rings (SSSR count). The van der Waals surface area contributed by atoms with Crippen LogP contribution in [0.25, 0.3) is 0 Å². The summed E-state index contributed by atoms with van der Waals surface area (Å²) in [6.45, 7) is 1.57. The molecule has 35 heavy (non-hydrogen) atoms. The molecule has 0 N–H and O–H groups in total. The number of benzene rings is 2. The second kappa shape index (κ2) is 14.1. The normalized spacial score (nSPS) is 12.7. The van der Waals surface area contributed by atoms with Gasteiger partial charge in [0.2, 0.25) is 5.04 Å². The number of oxime groups is 2. The van der Waals surface area contributed by atoms with Crippen molar-refractivity contribution in [2.24, 2.45) is 10.3 Å². The summed E-state index contributed by atoms with van der Waals surface area (Å²) in [7, 11) is -6.82. The molecule has 2 aromatic carbocycles. The van der Waals surface area contributed by atoms with E-state index in [-0.39, 0.29) is 10.8 Å². The van der Waals surface area contributed by atoms with Gasteiger partial charge in [0.15, 0.2) is 0 Å². The average molecular weight is 561 g/mol. The Hall–Kier alpha value is -2.55. The maximum absolute atomic E-state index is 12.1. The molecule has 0 fully saturated rings. The molecule has 0 aliphatic carbocycles. The van der Waals surface area contributed by atoms with Crippen LogP contribution in [-0.4, -0.2) is 51.5 Å². The van der Waals surface area contributed by atoms with Gasteiger partial charge in [0.25, 0.3) is 0 Å². The van der Waals surface area contributed by atoms with E-state index in [1.54, 1.807) is 67.6 Å². The maximum Gasteiger partial charge on any atom is 0.366 e. The number of methoxy groups -OCH3 is 1. The molecule has 0 aliphatic rings. The summed E-state index contributed by atoms with van der Waals surface area (Å²) in [5, 5.41) is 7.16. The first-order chi connectivity index (χ1) is 16.6. The van der Waals surface area contributed by atoms with Gasteiger partial charge in [-0.2, -0.15) is 16.8 Å². The Morgan fingerprint density at radius 3 is 1.71 bits per heavy atom. The lowest BCUT2D eigenvalue weighted by Crippen LogP contribution is -2.15. The molecule has 14 heteroatoms. The van der Waals surface area contributed by atoms with Crippen molar-refractivity contribution >= 4 is 59.8 Å². The molecule has 10 nitrogen and oxygen atoms in total. The lowest BCUT2D eigenvalue weighted by molar-refractivity contribution is -0.132. The lowest BCUT2D eigenvalue weighted by Gasteiger charge is -2.06. The van der Waals surface area contributed by atoms with E-state index in [1.165, 1.54) is 11.8 Å². The molecule has 190 valence electrons. The third kappa shape index (κ3) is 11.6. The zero-order valence-corrected chi connectivity index (χ0v) is 22.2. The number of carbonyl (C=O) groups excluding carboxylic acids is 1. The number of esters is 1. The predicted octanol–water partition coefficient (Wildman–Crippen LogP) is 3.37. The molecule has 0 saturated carbocycles. The molecule has 2 aromatic rings. The summed E-state index contributed by atoms with van der Waals surface area (Å²) in [4.78, 5) is 11.9. The average Bonchev–Trinajstić information content (AvgIpc) is 2.82. The van der Waals surface area contributed by atoms with Crippen molar-refractivity contribution in [2.45, 2.75) is 18.4 Å². The fraction of sp³-hybridized carbons (Fsp3) is 0.286. The molecule has 0 radical (unpaired) electrons. The van der Waals surface area contributed by atoms with Crippen LogP contribution in [0.2, 0.25) is 0 Å². The van der Waals surface area contributed by atoms with Crippen LogP contribution in [0.3, 0.4) is 0 Å². The van der Waals surface area contributed by atoms with Crippen molar-refractivity contribution < 1.29 is 34.9 Å². The van der Waals surface area contributed by atoms with Crippen molar-refractivity contribution in [3.05, 3.63) is 71.8 Å². The fourth-order valence-electron chi connectivity index (χ4n) is 2.37. The number of carbonyl (C=O) groups is 1. The second-order valence-corrected chi connectivity index (χ2v) is 12.2. The van der Waals surface area contributed by atoms with Crippen LogP contribution in [0.4, 0.5) is 0 Å². The second-order valence-electron chi connectivity index (χ2n) is 6.72. The number of rotatable bonds is 11. The molecule has 0 heterocycles. The van der Waals surface area contributed by atoms with Gasteiger partial charge in [0.1, 0.15) is 16.5 Å². The summed E-state index contributed by atoms with van der Waals surface area (Å²) >= 11 is 2.10. The molecule has 0 spiro atoms. The van der Waals surface area contributed by atoms with Gasteiger partial charge >= 0.3 is 26.2 Å². The first kappa shape index (κ1) is 28.7. The summed E-state index contributed by atoms with van der Waals surface area (Å²) in [5.74, 6) is -0.887. The molecule has 0 bridgehead atoms. The van der Waals surface area contributed by atoms with E-state index in [0.717, 1.165) is 18.9 Å². The van der Waals surface area contributed by atoms with Gasteiger partial charge in [0, 0.05) is 11.5 Å². The minimum Gasteiger partial charge on any atom is -0.464 e. The Balaban J connectivity index is 1.84. The minimum atomic E-state index is -4.07. The van der Waals surface area contributed by atoms with Gasteiger partial charge in [-0.15, -0.1) is 11.8 Å². The quantitative estimate of drug-likeness (QED) is 0.132. The zero-order valence-electron chi connectivity index (χ0n) is 18.9. The van der Waals surface area contributed by atoms with E-state index in [0.29, 0.717) is 27.7 Å². The highest BCUT2D eigenvalue weighted by Gasteiger charge is 2.18. The first-order valence-electron chi connectivity index (χ1n) is 9.97. The standard InChI is InChI=1S/C21H24N2O8S4/c1-17(22-30-34(25,26)15-18-9-5-3-6-10-18)32-13-14-33-20(21(24)29-2)23-31-35(27,28)16-19-11-7-4-8-12-19/h3-12H,13-16H2,1-2H3/b22-17-,23-20-. The highest BCUT2D eigenvalue weighted by molar-refractivity contribution is 8.18. The van der Waals surface area contributed by atoms with Crippen LogP contribution < -0.4 is 0 Å². The number of hydrogen-bond acceptors (Lipinski definition) is 12. The Morgan fingerprint density at radius 1 is 0.771 bits per heavy atom. The zero-order chi connectivity index (χ0) is 25.7. The van der Waals surface area contributed by atoms with Crippen molar-refractivity contribution in [1.29, 1.82) is 0 Å². The number of hydrogen-bond donors (Lipinski definition) is 0. The van der Waals surface area contributed by atoms with Crippen molar-refractivity contribution in [3.63, 3.8) is 0 Å². The van der Waals surface area contributed by atoms with Crippen molar-refractivity contribution in [1.82, 2.24) is 0 Å². The molecule has 0 amide bonds. The molecule has 0 saturated heterocycles. The van der Waals surface area contributed by atoms with E-state index >= 15 is 0 Å². The van der Waals surface area contributed by atoms with Crippen LogP contribution in [0.1, 0.15) is 18.1 Å². The van der Waals surface area contributed by atoms with Crippen LogP contribution in [0.15, 0.2) is 71.0 Å². The summed E-state index contributed by atoms with van der Waals surface area (Å²) in [6.07, 6.45) is 0. The SMILES string of the molecule is COC(=O)/C(=N/OS(=O)(=O)Cc1ccccc1)SCCS/C(C)=N\OS(=O)(=O)Cc1ccccc1. The van der Waals surface area contributed by atoms with Gasteiger partial charge in [-0.05, 0) is 18.1 Å². The van der Waals surface area contributed by atoms with Gasteiger partial charge in [0.05, 0.1) is 7.11 Å². The number of ether oxygens (including phenoxy) is 1. The number of nitrogens with zero attached hydrogens (tertiary/aromatic N) is 2. The van der Waals surface area contributed by atoms with Crippen molar-refractivity contribution in [2.75, 3.05) is 18.6 Å². The smallest absolute Gasteiger partial charge is 0.366 e. The van der Waals surface area contributed by atoms with E-state index in [4.69, 9.17) is 4.28 Å². The monoisotopic (exact) mass is 560 g/mol. The topological polar surface area (TPSA) is 138 Å². The first-order valence-corrected chi connectivity index (χ1v) is 15.1. The third-order valence-corrected chi connectivity index (χ3v) is 7.94. The van der Waals surface area contributed by atoms with E-state index in [9.17, 15) is 21.6 Å². The Labute approximate surface area is 213 Å². The molecular weight excluding hydrogens is 537 g/mol. The van der Waals surface area contributed by atoms with Gasteiger partial charge in [-0.3, -0.25) is 8.57 Å². The molecule has 0 unspecified atom stereocenters. The third-order valence-electron chi connectivity index (χ3n) is 3.88. The highest BCUT2D eigenvalue weighted by atomic mass is 32.2. The van der Waals surface area contributed by atoms with E-state index < -0.39 is 32.0 Å². The molecule has 0 aromatic heterocycles. The Kier molecular flexibility index (Phi) is 11.6. The fourth-order valence-corrected chi connectivity index (χ4v) is 5.72. The molecule has 0 aliphatic heterocycles. The van der Waals surface area contributed by atoms with Gasteiger partial charge in [-0.1, -0.05) is 82.7 Å².